The first-order chi connectivity index (χ1) is 7.80. The molecule has 0 bridgehead atoms. The van der Waals surface area contributed by atoms with Gasteiger partial charge in [0.05, 0.1) is 6.54 Å². The van der Waals surface area contributed by atoms with Crippen LogP contribution in [0.25, 0.3) is 0 Å². The van der Waals surface area contributed by atoms with E-state index in [4.69, 9.17) is 16.6 Å². The van der Waals surface area contributed by atoms with Crippen molar-refractivity contribution in [3.63, 3.8) is 0 Å². The number of nitrogens with zero attached hydrogens (tertiary/aromatic N) is 1. The molecule has 0 aliphatic rings. The van der Waals surface area contributed by atoms with E-state index >= 15 is 0 Å². The molecule has 0 aliphatic carbocycles. The molecular formula is C9H14N4O3S. The van der Waals surface area contributed by atoms with Crippen molar-refractivity contribution in [3.8, 4) is 0 Å². The average Bonchev–Trinajstić information content (AvgIpc) is 2.18. The first-order valence-electron chi connectivity index (χ1n) is 4.70. The van der Waals surface area contributed by atoms with Crippen molar-refractivity contribution in [3.05, 3.63) is 29.8 Å². The number of anilines is 1. The zero-order valence-corrected chi connectivity index (χ0v) is 9.85. The summed E-state index contributed by atoms with van der Waals surface area (Å²) in [6, 6.07) is 6.70. The Morgan fingerprint density at radius 2 is 1.88 bits per heavy atom. The lowest BCUT2D eigenvalue weighted by molar-refractivity contribution is -0.118. The Kier molecular flexibility index (Phi) is 4.05. The second-order valence-electron chi connectivity index (χ2n) is 3.48. The smallest absolute Gasteiger partial charge is 0.277 e. The Morgan fingerprint density at radius 3 is 2.35 bits per heavy atom. The number of nitrogens with two attached hydrogens (primary N) is 3. The Balaban J connectivity index is 2.95. The lowest BCUT2D eigenvalue weighted by atomic mass is 10.2. The maximum atomic E-state index is 11.2. The van der Waals surface area contributed by atoms with Gasteiger partial charge < -0.3 is 11.5 Å². The monoisotopic (exact) mass is 258 g/mol. The minimum absolute atomic E-state index is 0.0888. The van der Waals surface area contributed by atoms with Crippen LogP contribution in [-0.4, -0.2) is 25.2 Å². The van der Waals surface area contributed by atoms with Gasteiger partial charge in [-0.15, -0.1) is 0 Å². The van der Waals surface area contributed by atoms with Gasteiger partial charge in [0, 0.05) is 12.2 Å². The van der Waals surface area contributed by atoms with Crippen molar-refractivity contribution in [2.45, 2.75) is 6.54 Å². The van der Waals surface area contributed by atoms with Crippen molar-refractivity contribution in [1.82, 2.24) is 4.31 Å². The van der Waals surface area contributed by atoms with Crippen molar-refractivity contribution >= 4 is 21.8 Å². The van der Waals surface area contributed by atoms with Gasteiger partial charge in [-0.3, -0.25) is 4.79 Å². The van der Waals surface area contributed by atoms with Gasteiger partial charge in [-0.2, -0.15) is 12.7 Å². The molecule has 17 heavy (non-hydrogen) atoms. The summed E-state index contributed by atoms with van der Waals surface area (Å²) >= 11 is 0. The van der Waals surface area contributed by atoms with Crippen LogP contribution in [0.4, 0.5) is 5.69 Å². The van der Waals surface area contributed by atoms with E-state index in [1.807, 2.05) is 0 Å². The van der Waals surface area contributed by atoms with Crippen LogP contribution in [0.1, 0.15) is 5.56 Å². The van der Waals surface area contributed by atoms with Crippen molar-refractivity contribution in [2.75, 3.05) is 12.3 Å². The minimum atomic E-state index is -4.00. The number of amides is 1. The lowest BCUT2D eigenvalue weighted by Crippen LogP contribution is -2.41. The molecule has 0 spiro atoms. The largest absolute Gasteiger partial charge is 0.398 e. The van der Waals surface area contributed by atoms with Crippen LogP contribution in [0.3, 0.4) is 0 Å². The van der Waals surface area contributed by atoms with Gasteiger partial charge >= 0.3 is 0 Å². The van der Waals surface area contributed by atoms with E-state index in [0.717, 1.165) is 4.31 Å². The van der Waals surface area contributed by atoms with Crippen LogP contribution in [0, 0.1) is 0 Å². The summed E-state index contributed by atoms with van der Waals surface area (Å²) in [4.78, 5) is 10.8. The first kappa shape index (κ1) is 13.4. The van der Waals surface area contributed by atoms with Crippen LogP contribution < -0.4 is 16.6 Å². The molecule has 94 valence electrons. The van der Waals surface area contributed by atoms with Crippen LogP contribution in [0.5, 0.6) is 0 Å². The van der Waals surface area contributed by atoms with Crippen LogP contribution >= 0.6 is 0 Å². The van der Waals surface area contributed by atoms with E-state index in [-0.39, 0.29) is 6.54 Å². The van der Waals surface area contributed by atoms with Crippen LogP contribution in [0.2, 0.25) is 0 Å². The highest BCUT2D eigenvalue weighted by Crippen LogP contribution is 2.14. The molecule has 0 heterocycles. The van der Waals surface area contributed by atoms with Crippen molar-refractivity contribution in [2.24, 2.45) is 10.9 Å². The summed E-state index contributed by atoms with van der Waals surface area (Å²) in [7, 11) is -4.00. The van der Waals surface area contributed by atoms with Crippen LogP contribution in [0.15, 0.2) is 24.3 Å². The molecule has 7 nitrogen and oxygen atoms in total. The topological polar surface area (TPSA) is 133 Å². The van der Waals surface area contributed by atoms with E-state index in [2.05, 4.69) is 0 Å². The van der Waals surface area contributed by atoms with Gasteiger partial charge in [-0.25, -0.2) is 5.14 Å². The van der Waals surface area contributed by atoms with Crippen molar-refractivity contribution < 1.29 is 13.2 Å². The molecule has 6 N–H and O–H groups in total. The maximum Gasteiger partial charge on any atom is 0.277 e. The van der Waals surface area contributed by atoms with Gasteiger partial charge in [-0.1, -0.05) is 18.2 Å². The normalized spacial score (nSPS) is 11.6. The maximum absolute atomic E-state index is 11.2. The highest BCUT2D eigenvalue weighted by molar-refractivity contribution is 7.86. The zero-order chi connectivity index (χ0) is 13.1. The predicted molar refractivity (Wildman–Crippen MR) is 63.6 cm³/mol. The van der Waals surface area contributed by atoms with Crippen LogP contribution in [-0.2, 0) is 21.5 Å². The summed E-state index contributed by atoms with van der Waals surface area (Å²) in [5.41, 5.74) is 11.6. The SMILES string of the molecule is NC(=O)CN(Cc1ccccc1N)S(N)(=O)=O. The van der Waals surface area contributed by atoms with Crippen molar-refractivity contribution in [1.29, 1.82) is 0 Å². The summed E-state index contributed by atoms with van der Waals surface area (Å²) < 4.78 is 23.2. The number of rotatable bonds is 5. The van der Waals surface area contributed by atoms with Gasteiger partial charge in [0.15, 0.2) is 0 Å². The van der Waals surface area contributed by atoms with Gasteiger partial charge in [0.25, 0.3) is 10.2 Å². The molecule has 8 heteroatoms. The third-order valence-electron chi connectivity index (χ3n) is 2.09. The Labute approximate surface area is 99.4 Å². The molecule has 1 rings (SSSR count). The highest BCUT2D eigenvalue weighted by Gasteiger charge is 2.20. The Hall–Kier alpha value is -1.64. The molecule has 0 fully saturated rings. The van der Waals surface area contributed by atoms with Gasteiger partial charge in [0.1, 0.15) is 0 Å². The molecule has 0 aromatic heterocycles. The standard InChI is InChI=1S/C9H14N4O3S/c10-8-4-2-1-3-7(8)5-13(6-9(11)14)17(12,15)16/h1-4H,5-6,10H2,(H2,11,14)(H2,12,15,16). The number of hydrogen-bond donors (Lipinski definition) is 3. The van der Waals surface area contributed by atoms with Gasteiger partial charge in [-0.05, 0) is 11.6 Å². The number of para-hydroxylation sites is 1. The van der Waals surface area contributed by atoms with Gasteiger partial charge in [0.2, 0.25) is 5.91 Å². The molecule has 0 atom stereocenters. The fourth-order valence-corrected chi connectivity index (χ4v) is 1.90. The molecule has 0 radical (unpaired) electrons. The lowest BCUT2D eigenvalue weighted by Gasteiger charge is -2.18. The highest BCUT2D eigenvalue weighted by atomic mass is 32.2. The third kappa shape index (κ3) is 4.02. The molecular weight excluding hydrogens is 244 g/mol. The number of carbonyl (C=O) groups excluding carboxylic acids is 1. The molecule has 0 unspecified atom stereocenters. The summed E-state index contributed by atoms with van der Waals surface area (Å²) in [6.07, 6.45) is 0. The summed E-state index contributed by atoms with van der Waals surface area (Å²) in [5.74, 6) is -0.784. The molecule has 1 amide bonds. The Bertz CT molecular complexity index is 515. The molecule has 0 aliphatic heterocycles. The second-order valence-corrected chi connectivity index (χ2v) is 5.02. The second kappa shape index (κ2) is 5.13. The molecule has 0 saturated heterocycles. The van der Waals surface area contributed by atoms with E-state index in [0.29, 0.717) is 11.3 Å². The third-order valence-corrected chi connectivity index (χ3v) is 3.07. The quantitative estimate of drug-likeness (QED) is 0.569. The number of carbonyl (C=O) groups is 1. The summed E-state index contributed by atoms with van der Waals surface area (Å²) in [5, 5.41) is 4.98. The molecule has 1 aromatic carbocycles. The molecule has 0 saturated carbocycles. The number of nitrogen functional groups attached to an aromatic ring is 1. The first-order valence-corrected chi connectivity index (χ1v) is 6.20. The number of primary amides is 1. The Morgan fingerprint density at radius 1 is 1.29 bits per heavy atom. The fourth-order valence-electron chi connectivity index (χ4n) is 1.28. The zero-order valence-electron chi connectivity index (χ0n) is 9.04. The predicted octanol–water partition coefficient (Wildman–Crippen LogP) is -1.24. The summed E-state index contributed by atoms with van der Waals surface area (Å²) in [6.45, 7) is -0.568. The van der Waals surface area contributed by atoms with E-state index in [9.17, 15) is 13.2 Å². The van der Waals surface area contributed by atoms with E-state index in [1.165, 1.54) is 0 Å². The minimum Gasteiger partial charge on any atom is -0.398 e. The van der Waals surface area contributed by atoms with E-state index in [1.54, 1.807) is 24.3 Å². The van der Waals surface area contributed by atoms with E-state index < -0.39 is 22.7 Å². The fraction of sp³-hybridized carbons (Fsp3) is 0.222. The average molecular weight is 258 g/mol. The molecule has 1 aromatic rings. The number of benzene rings is 1. The number of hydrogen-bond acceptors (Lipinski definition) is 4.